The fourth-order valence-electron chi connectivity index (χ4n) is 3.09. The Labute approximate surface area is 150 Å². The Kier molecular flexibility index (Phi) is 7.02. The van der Waals surface area contributed by atoms with Crippen molar-refractivity contribution in [1.29, 1.82) is 0 Å². The highest BCUT2D eigenvalue weighted by atomic mass is 19.4. The molecule has 1 aromatic rings. The average molecular weight is 371 g/mol. The molecule has 1 aliphatic heterocycles. The molecular formula is C18H24F3N3O2. The van der Waals surface area contributed by atoms with Crippen molar-refractivity contribution in [3.63, 3.8) is 0 Å². The maximum Gasteiger partial charge on any atom is 0.416 e. The van der Waals surface area contributed by atoms with Gasteiger partial charge in [0, 0.05) is 12.6 Å². The first-order chi connectivity index (χ1) is 12.3. The minimum absolute atomic E-state index is 0.0330. The summed E-state index contributed by atoms with van der Waals surface area (Å²) in [6, 6.07) is 4.42. The normalized spacial score (nSPS) is 18.4. The van der Waals surface area contributed by atoms with Crippen LogP contribution in [-0.4, -0.2) is 36.5 Å². The predicted octanol–water partition coefficient (Wildman–Crippen LogP) is 3.47. The number of benzene rings is 1. The van der Waals surface area contributed by atoms with Crippen LogP contribution in [0.3, 0.4) is 0 Å². The monoisotopic (exact) mass is 371 g/mol. The van der Waals surface area contributed by atoms with Crippen LogP contribution in [0.1, 0.15) is 49.8 Å². The third-order valence-corrected chi connectivity index (χ3v) is 4.37. The number of amides is 3. The Morgan fingerprint density at radius 3 is 2.50 bits per heavy atom. The van der Waals surface area contributed by atoms with Crippen LogP contribution in [0.25, 0.3) is 0 Å². The van der Waals surface area contributed by atoms with Gasteiger partial charge in [-0.1, -0.05) is 25.5 Å². The van der Waals surface area contributed by atoms with E-state index in [4.69, 9.17) is 0 Å². The van der Waals surface area contributed by atoms with Gasteiger partial charge in [0.05, 0.1) is 12.1 Å². The zero-order valence-electron chi connectivity index (χ0n) is 14.7. The van der Waals surface area contributed by atoms with Gasteiger partial charge in [-0.15, -0.1) is 0 Å². The highest BCUT2D eigenvalue weighted by molar-refractivity contribution is 5.95. The molecule has 5 nitrogen and oxygen atoms in total. The molecule has 144 valence electrons. The molecule has 0 radical (unpaired) electrons. The van der Waals surface area contributed by atoms with Crippen LogP contribution in [0.15, 0.2) is 24.3 Å². The lowest BCUT2D eigenvalue weighted by atomic mass is 9.94. The zero-order chi connectivity index (χ0) is 19.2. The number of urea groups is 1. The van der Waals surface area contributed by atoms with E-state index < -0.39 is 23.7 Å². The number of nitrogens with zero attached hydrogens (tertiary/aromatic N) is 1. The molecule has 2 rings (SSSR count). The first-order valence-electron chi connectivity index (χ1n) is 8.80. The summed E-state index contributed by atoms with van der Waals surface area (Å²) in [6.07, 6.45) is -0.978. The van der Waals surface area contributed by atoms with Crippen LogP contribution >= 0.6 is 0 Å². The number of likely N-dealkylation sites (tertiary alicyclic amines) is 1. The number of piperidine rings is 1. The van der Waals surface area contributed by atoms with Crippen molar-refractivity contribution in [3.05, 3.63) is 35.4 Å². The fourth-order valence-corrected chi connectivity index (χ4v) is 3.09. The van der Waals surface area contributed by atoms with Gasteiger partial charge in [0.1, 0.15) is 0 Å². The molecule has 1 saturated heterocycles. The molecule has 1 heterocycles. The number of halogens is 3. The first kappa shape index (κ1) is 20.2. The Bertz CT molecular complexity index is 617. The minimum atomic E-state index is -4.36. The van der Waals surface area contributed by atoms with Crippen LogP contribution in [-0.2, 0) is 11.0 Å². The van der Waals surface area contributed by atoms with Gasteiger partial charge in [-0.05, 0) is 43.5 Å². The Morgan fingerprint density at radius 2 is 1.88 bits per heavy atom. The van der Waals surface area contributed by atoms with Gasteiger partial charge in [-0.3, -0.25) is 15.0 Å². The number of nitrogens with one attached hydrogen (secondary N) is 2. The Balaban J connectivity index is 2.00. The lowest BCUT2D eigenvalue weighted by molar-refractivity contribution is -0.137. The molecule has 1 atom stereocenters. The van der Waals surface area contributed by atoms with E-state index in [9.17, 15) is 22.8 Å². The topological polar surface area (TPSA) is 61.4 Å². The van der Waals surface area contributed by atoms with Crippen LogP contribution in [0.5, 0.6) is 0 Å². The highest BCUT2D eigenvalue weighted by Gasteiger charge is 2.31. The third-order valence-electron chi connectivity index (χ3n) is 4.37. The second-order valence-corrected chi connectivity index (χ2v) is 6.41. The number of rotatable bonds is 5. The van der Waals surface area contributed by atoms with Gasteiger partial charge < -0.3 is 5.32 Å². The number of hydrogen-bond donors (Lipinski definition) is 2. The minimum Gasteiger partial charge on any atom is -0.338 e. The summed E-state index contributed by atoms with van der Waals surface area (Å²) in [5, 5.41) is 4.85. The van der Waals surface area contributed by atoms with Crippen LogP contribution in [0.2, 0.25) is 0 Å². The van der Waals surface area contributed by atoms with E-state index in [1.54, 1.807) is 0 Å². The highest BCUT2D eigenvalue weighted by Crippen LogP contribution is 2.34. The summed E-state index contributed by atoms with van der Waals surface area (Å²) in [5.74, 6) is -0.419. The Morgan fingerprint density at radius 1 is 1.19 bits per heavy atom. The van der Waals surface area contributed by atoms with Crippen molar-refractivity contribution >= 4 is 11.9 Å². The number of imide groups is 1. The summed E-state index contributed by atoms with van der Waals surface area (Å²) in [6.45, 7) is 3.09. The molecular weight excluding hydrogens is 347 g/mol. The molecule has 1 aromatic carbocycles. The SMILES string of the molecule is CCCNC(=O)NC(=O)CN1CCCCC1c1ccc(C(F)(F)F)cc1. The largest absolute Gasteiger partial charge is 0.416 e. The van der Waals surface area contributed by atoms with Gasteiger partial charge in [0.25, 0.3) is 0 Å². The van der Waals surface area contributed by atoms with E-state index in [1.807, 2.05) is 11.8 Å². The van der Waals surface area contributed by atoms with E-state index in [0.29, 0.717) is 13.1 Å². The van der Waals surface area contributed by atoms with Crippen LogP contribution in [0, 0.1) is 0 Å². The lowest BCUT2D eigenvalue weighted by Crippen LogP contribution is -2.46. The van der Waals surface area contributed by atoms with Crippen LogP contribution < -0.4 is 10.6 Å². The van der Waals surface area contributed by atoms with Crippen molar-refractivity contribution in [2.75, 3.05) is 19.6 Å². The van der Waals surface area contributed by atoms with E-state index >= 15 is 0 Å². The average Bonchev–Trinajstić information content (AvgIpc) is 2.59. The summed E-state index contributed by atoms with van der Waals surface area (Å²) in [4.78, 5) is 25.6. The standard InChI is InChI=1S/C18H24F3N3O2/c1-2-10-22-17(26)23-16(25)12-24-11-4-3-5-15(24)13-6-8-14(9-7-13)18(19,20)21/h6-9,15H,2-5,10-12H2,1H3,(H2,22,23,25,26). The van der Waals surface area contributed by atoms with Crippen molar-refractivity contribution in [3.8, 4) is 0 Å². The molecule has 3 amide bonds. The number of carbonyl (C=O) groups excluding carboxylic acids is 2. The quantitative estimate of drug-likeness (QED) is 0.833. The Hall–Kier alpha value is -2.09. The first-order valence-corrected chi connectivity index (χ1v) is 8.80. The van der Waals surface area contributed by atoms with E-state index in [-0.39, 0.29) is 12.6 Å². The van der Waals surface area contributed by atoms with Gasteiger partial charge in [-0.25, -0.2) is 4.79 Å². The molecule has 0 bridgehead atoms. The van der Waals surface area contributed by atoms with Crippen molar-refractivity contribution in [2.24, 2.45) is 0 Å². The molecule has 1 unspecified atom stereocenters. The molecule has 0 saturated carbocycles. The fraction of sp³-hybridized carbons (Fsp3) is 0.556. The maximum atomic E-state index is 12.7. The molecule has 1 aliphatic rings. The maximum absolute atomic E-state index is 12.7. The molecule has 0 spiro atoms. The summed E-state index contributed by atoms with van der Waals surface area (Å²) in [5.41, 5.74) is 0.0647. The lowest BCUT2D eigenvalue weighted by Gasteiger charge is -2.35. The van der Waals surface area contributed by atoms with Crippen LogP contribution in [0.4, 0.5) is 18.0 Å². The molecule has 1 fully saturated rings. The smallest absolute Gasteiger partial charge is 0.338 e. The molecule has 26 heavy (non-hydrogen) atoms. The number of carbonyl (C=O) groups is 2. The molecule has 0 aliphatic carbocycles. The molecule has 2 N–H and O–H groups in total. The molecule has 0 aromatic heterocycles. The van der Waals surface area contributed by atoms with Crippen molar-refractivity contribution in [1.82, 2.24) is 15.5 Å². The second kappa shape index (κ2) is 9.02. The van der Waals surface area contributed by atoms with Gasteiger partial charge in [0.2, 0.25) is 5.91 Å². The van der Waals surface area contributed by atoms with Gasteiger partial charge >= 0.3 is 12.2 Å². The summed E-state index contributed by atoms with van der Waals surface area (Å²) < 4.78 is 38.2. The van der Waals surface area contributed by atoms with E-state index in [1.165, 1.54) is 12.1 Å². The summed E-state index contributed by atoms with van der Waals surface area (Å²) >= 11 is 0. The van der Waals surface area contributed by atoms with E-state index in [2.05, 4.69) is 10.6 Å². The predicted molar refractivity (Wildman–Crippen MR) is 91.4 cm³/mol. The zero-order valence-corrected chi connectivity index (χ0v) is 14.7. The van der Waals surface area contributed by atoms with Crippen molar-refractivity contribution < 1.29 is 22.8 Å². The van der Waals surface area contributed by atoms with Gasteiger partial charge in [-0.2, -0.15) is 13.2 Å². The van der Waals surface area contributed by atoms with E-state index in [0.717, 1.165) is 43.4 Å². The van der Waals surface area contributed by atoms with Crippen molar-refractivity contribution in [2.45, 2.75) is 44.8 Å². The summed E-state index contributed by atoms with van der Waals surface area (Å²) in [7, 11) is 0. The number of hydrogen-bond acceptors (Lipinski definition) is 3. The second-order valence-electron chi connectivity index (χ2n) is 6.41. The third kappa shape index (κ3) is 5.72. The van der Waals surface area contributed by atoms with Gasteiger partial charge in [0.15, 0.2) is 0 Å². The molecule has 8 heteroatoms. The number of alkyl halides is 3.